The maximum atomic E-state index is 11.2. The van der Waals surface area contributed by atoms with E-state index in [1.165, 1.54) is 26.0 Å². The summed E-state index contributed by atoms with van der Waals surface area (Å²) in [4.78, 5) is 32.8. The molecule has 0 aliphatic heterocycles. The Hall–Kier alpha value is -2.43. The van der Waals surface area contributed by atoms with E-state index < -0.39 is 17.8 Å². The van der Waals surface area contributed by atoms with Crippen LogP contribution < -0.4 is 10.1 Å². The van der Waals surface area contributed by atoms with Crippen molar-refractivity contribution in [2.24, 2.45) is 0 Å². The van der Waals surface area contributed by atoms with E-state index in [1.54, 1.807) is 24.3 Å². The third kappa shape index (κ3) is 4.61. The fraction of sp³-hybridized carbons (Fsp3) is 0.154. The van der Waals surface area contributed by atoms with Gasteiger partial charge in [0.05, 0.1) is 0 Å². The molecule has 0 atom stereocenters. The average molecular weight is 247 g/mol. The number of ether oxygens (including phenoxy) is 1. The molecule has 0 bridgehead atoms. The van der Waals surface area contributed by atoms with Crippen LogP contribution in [0.25, 0.3) is 6.08 Å². The summed E-state index contributed by atoms with van der Waals surface area (Å²) in [5.41, 5.74) is 0.575. The van der Waals surface area contributed by atoms with Gasteiger partial charge in [-0.3, -0.25) is 19.7 Å². The summed E-state index contributed by atoms with van der Waals surface area (Å²) in [7, 11) is 0. The summed E-state index contributed by atoms with van der Waals surface area (Å²) in [5, 5.41) is 2.10. The Morgan fingerprint density at radius 2 is 1.83 bits per heavy atom. The summed E-state index contributed by atoms with van der Waals surface area (Å²) in [5.74, 6) is -1.04. The van der Waals surface area contributed by atoms with Crippen LogP contribution in [0.3, 0.4) is 0 Å². The SMILES string of the molecule is CC(=O)NC(=O)C=Cc1ccccc1OC(C)=O. The second kappa shape index (κ2) is 6.34. The van der Waals surface area contributed by atoms with Crippen LogP contribution in [0.2, 0.25) is 0 Å². The number of rotatable bonds is 3. The molecule has 0 heterocycles. The lowest BCUT2D eigenvalue weighted by Gasteiger charge is -2.04. The average Bonchev–Trinajstić information content (AvgIpc) is 2.26. The Labute approximate surface area is 104 Å². The number of carbonyl (C=O) groups is 3. The molecule has 18 heavy (non-hydrogen) atoms. The van der Waals surface area contributed by atoms with Crippen LogP contribution >= 0.6 is 0 Å². The molecule has 94 valence electrons. The van der Waals surface area contributed by atoms with Crippen molar-refractivity contribution in [1.82, 2.24) is 5.32 Å². The van der Waals surface area contributed by atoms with E-state index in [1.807, 2.05) is 0 Å². The van der Waals surface area contributed by atoms with Gasteiger partial charge in [-0.2, -0.15) is 0 Å². The zero-order chi connectivity index (χ0) is 13.5. The van der Waals surface area contributed by atoms with Crippen LogP contribution in [-0.4, -0.2) is 17.8 Å². The standard InChI is InChI=1S/C13H13NO4/c1-9(15)14-13(17)8-7-11-5-3-4-6-12(11)18-10(2)16/h3-8H,1-2H3,(H,14,15,17). The van der Waals surface area contributed by atoms with Crippen molar-refractivity contribution in [2.75, 3.05) is 0 Å². The lowest BCUT2D eigenvalue weighted by atomic mass is 10.2. The van der Waals surface area contributed by atoms with Gasteiger partial charge in [0.1, 0.15) is 5.75 Å². The van der Waals surface area contributed by atoms with Crippen molar-refractivity contribution in [2.45, 2.75) is 13.8 Å². The molecule has 0 saturated heterocycles. The van der Waals surface area contributed by atoms with Gasteiger partial charge in [-0.05, 0) is 12.1 Å². The van der Waals surface area contributed by atoms with Crippen LogP contribution in [-0.2, 0) is 14.4 Å². The predicted molar refractivity (Wildman–Crippen MR) is 65.6 cm³/mol. The molecule has 1 aromatic rings. The summed E-state index contributed by atoms with van der Waals surface area (Å²) < 4.78 is 4.97. The zero-order valence-corrected chi connectivity index (χ0v) is 10.1. The van der Waals surface area contributed by atoms with E-state index in [9.17, 15) is 14.4 Å². The molecule has 0 aliphatic rings. The van der Waals surface area contributed by atoms with Gasteiger partial charge in [-0.1, -0.05) is 18.2 Å². The molecule has 1 aromatic carbocycles. The number of esters is 1. The molecule has 0 unspecified atom stereocenters. The molecule has 5 heteroatoms. The van der Waals surface area contributed by atoms with Crippen molar-refractivity contribution in [3.63, 3.8) is 0 Å². The highest BCUT2D eigenvalue weighted by Gasteiger charge is 2.03. The largest absolute Gasteiger partial charge is 0.426 e. The quantitative estimate of drug-likeness (QED) is 0.496. The number of hydrogen-bond acceptors (Lipinski definition) is 4. The molecule has 2 amide bonds. The number of nitrogens with one attached hydrogen (secondary N) is 1. The Balaban J connectivity index is 2.83. The van der Waals surface area contributed by atoms with E-state index in [2.05, 4.69) is 5.32 Å². The predicted octanol–water partition coefficient (Wildman–Crippen LogP) is 1.29. The molecule has 0 spiro atoms. The van der Waals surface area contributed by atoms with Crippen molar-refractivity contribution < 1.29 is 19.1 Å². The lowest BCUT2D eigenvalue weighted by molar-refractivity contribution is -0.132. The van der Waals surface area contributed by atoms with Crippen LogP contribution in [0.15, 0.2) is 30.3 Å². The summed E-state index contributed by atoms with van der Waals surface area (Å²) in [6.45, 7) is 2.54. The summed E-state index contributed by atoms with van der Waals surface area (Å²) in [6, 6.07) is 6.76. The van der Waals surface area contributed by atoms with Crippen LogP contribution in [0.1, 0.15) is 19.4 Å². The van der Waals surface area contributed by atoms with Gasteiger partial charge >= 0.3 is 5.97 Å². The highest BCUT2D eigenvalue weighted by atomic mass is 16.5. The molecule has 5 nitrogen and oxygen atoms in total. The monoisotopic (exact) mass is 247 g/mol. The maximum absolute atomic E-state index is 11.2. The van der Waals surface area contributed by atoms with E-state index in [0.29, 0.717) is 11.3 Å². The molecular formula is C13H13NO4. The number of carbonyl (C=O) groups excluding carboxylic acids is 3. The first-order valence-corrected chi connectivity index (χ1v) is 5.26. The van der Waals surface area contributed by atoms with Crippen molar-refractivity contribution >= 4 is 23.9 Å². The first-order chi connectivity index (χ1) is 8.49. The van der Waals surface area contributed by atoms with E-state index in [-0.39, 0.29) is 0 Å². The normalized spacial score (nSPS) is 10.1. The van der Waals surface area contributed by atoms with E-state index in [0.717, 1.165) is 0 Å². The Bertz CT molecular complexity index is 505. The molecule has 1 N–H and O–H groups in total. The second-order valence-corrected chi connectivity index (χ2v) is 3.51. The highest BCUT2D eigenvalue weighted by Crippen LogP contribution is 2.19. The fourth-order valence-corrected chi connectivity index (χ4v) is 1.25. The summed E-state index contributed by atoms with van der Waals surface area (Å²) >= 11 is 0. The molecule has 1 rings (SSSR count). The first kappa shape index (κ1) is 13.6. The lowest BCUT2D eigenvalue weighted by Crippen LogP contribution is -2.25. The Morgan fingerprint density at radius 3 is 2.44 bits per heavy atom. The van der Waals surface area contributed by atoms with Gasteiger partial charge in [-0.25, -0.2) is 0 Å². The van der Waals surface area contributed by atoms with Crippen molar-refractivity contribution in [3.05, 3.63) is 35.9 Å². The molecule has 0 radical (unpaired) electrons. The molecule has 0 saturated carbocycles. The minimum absolute atomic E-state index is 0.358. The summed E-state index contributed by atoms with van der Waals surface area (Å²) in [6.07, 6.45) is 2.67. The maximum Gasteiger partial charge on any atom is 0.308 e. The molecule has 0 fully saturated rings. The zero-order valence-electron chi connectivity index (χ0n) is 10.1. The Morgan fingerprint density at radius 1 is 1.17 bits per heavy atom. The third-order valence-corrected chi connectivity index (χ3v) is 1.89. The molecular weight excluding hydrogens is 234 g/mol. The van der Waals surface area contributed by atoms with Gasteiger partial charge < -0.3 is 4.74 Å². The van der Waals surface area contributed by atoms with Gasteiger partial charge in [0.25, 0.3) is 5.91 Å². The number of benzene rings is 1. The number of para-hydroxylation sites is 1. The van der Waals surface area contributed by atoms with Gasteiger partial charge in [-0.15, -0.1) is 0 Å². The number of imide groups is 1. The van der Waals surface area contributed by atoms with Crippen LogP contribution in [0.4, 0.5) is 0 Å². The molecule has 0 aromatic heterocycles. The van der Waals surface area contributed by atoms with E-state index >= 15 is 0 Å². The van der Waals surface area contributed by atoms with Crippen LogP contribution in [0.5, 0.6) is 5.75 Å². The minimum atomic E-state index is -0.528. The van der Waals surface area contributed by atoms with Crippen molar-refractivity contribution in [3.8, 4) is 5.75 Å². The minimum Gasteiger partial charge on any atom is -0.426 e. The highest BCUT2D eigenvalue weighted by molar-refractivity contribution is 6.02. The molecule has 0 aliphatic carbocycles. The number of amides is 2. The smallest absolute Gasteiger partial charge is 0.308 e. The Kier molecular flexibility index (Phi) is 4.80. The second-order valence-electron chi connectivity index (χ2n) is 3.51. The fourth-order valence-electron chi connectivity index (χ4n) is 1.25. The van der Waals surface area contributed by atoms with Crippen molar-refractivity contribution in [1.29, 1.82) is 0 Å². The van der Waals surface area contributed by atoms with Crippen LogP contribution in [0, 0.1) is 0 Å². The topological polar surface area (TPSA) is 72.5 Å². The van der Waals surface area contributed by atoms with Gasteiger partial charge in [0.2, 0.25) is 5.91 Å². The first-order valence-electron chi connectivity index (χ1n) is 5.26. The van der Waals surface area contributed by atoms with Gasteiger partial charge in [0.15, 0.2) is 0 Å². The van der Waals surface area contributed by atoms with E-state index in [4.69, 9.17) is 4.74 Å². The number of hydrogen-bond donors (Lipinski definition) is 1. The third-order valence-electron chi connectivity index (χ3n) is 1.89. The van der Waals surface area contributed by atoms with Gasteiger partial charge in [0, 0.05) is 25.5 Å².